The van der Waals surface area contributed by atoms with Gasteiger partial charge in [0.2, 0.25) is 0 Å². The first kappa shape index (κ1) is 14.4. The van der Waals surface area contributed by atoms with Crippen molar-refractivity contribution in [2.45, 2.75) is 45.1 Å². The van der Waals surface area contributed by atoms with E-state index in [1.807, 2.05) is 0 Å². The highest BCUT2D eigenvalue weighted by Gasteiger charge is 2.24. The first-order valence-corrected chi connectivity index (χ1v) is 8.74. The Morgan fingerprint density at radius 2 is 2.25 bits per heavy atom. The van der Waals surface area contributed by atoms with Crippen molar-refractivity contribution in [3.05, 3.63) is 28.5 Å². The quantitative estimate of drug-likeness (QED) is 0.680. The average Bonchev–Trinajstić information content (AvgIpc) is 2.76. The van der Waals surface area contributed by atoms with Gasteiger partial charge in [0.05, 0.1) is 11.0 Å². The molecule has 2 aromatic rings. The van der Waals surface area contributed by atoms with E-state index in [-0.39, 0.29) is 0 Å². The molecular formula is C16H20BrClN2. The summed E-state index contributed by atoms with van der Waals surface area (Å²) in [5.74, 6) is 2.58. The van der Waals surface area contributed by atoms with E-state index in [0.29, 0.717) is 11.9 Å². The van der Waals surface area contributed by atoms with Crippen molar-refractivity contribution in [3.8, 4) is 0 Å². The molecule has 0 N–H and O–H groups in total. The zero-order valence-corrected chi connectivity index (χ0v) is 14.1. The van der Waals surface area contributed by atoms with Crippen molar-refractivity contribution in [1.82, 2.24) is 9.55 Å². The van der Waals surface area contributed by atoms with Crippen LogP contribution in [0.5, 0.6) is 0 Å². The van der Waals surface area contributed by atoms with E-state index in [1.54, 1.807) is 0 Å². The molecule has 1 fully saturated rings. The first-order valence-electron chi connectivity index (χ1n) is 7.41. The smallest absolute Gasteiger partial charge is 0.111 e. The minimum absolute atomic E-state index is 0.580. The molecule has 1 aliphatic carbocycles. The summed E-state index contributed by atoms with van der Waals surface area (Å²) < 4.78 is 3.57. The van der Waals surface area contributed by atoms with Crippen molar-refractivity contribution >= 4 is 38.6 Å². The third kappa shape index (κ3) is 2.75. The highest BCUT2D eigenvalue weighted by atomic mass is 79.9. The monoisotopic (exact) mass is 354 g/mol. The minimum atomic E-state index is 0.580. The van der Waals surface area contributed by atoms with Crippen molar-refractivity contribution in [1.29, 1.82) is 0 Å². The fourth-order valence-electron chi connectivity index (χ4n) is 3.42. The normalized spacial score (nSPS) is 23.4. The molecule has 20 heavy (non-hydrogen) atoms. The van der Waals surface area contributed by atoms with E-state index in [4.69, 9.17) is 16.6 Å². The fraction of sp³-hybridized carbons (Fsp3) is 0.562. The van der Waals surface area contributed by atoms with Crippen molar-refractivity contribution in [2.24, 2.45) is 5.92 Å². The van der Waals surface area contributed by atoms with E-state index < -0.39 is 0 Å². The van der Waals surface area contributed by atoms with Crippen LogP contribution >= 0.6 is 27.5 Å². The Morgan fingerprint density at radius 1 is 1.40 bits per heavy atom. The molecule has 1 aliphatic rings. The Morgan fingerprint density at radius 3 is 3.00 bits per heavy atom. The number of halogens is 2. The highest BCUT2D eigenvalue weighted by molar-refractivity contribution is 9.10. The molecule has 0 saturated heterocycles. The van der Waals surface area contributed by atoms with Gasteiger partial charge in [0.15, 0.2) is 0 Å². The Labute approximate surface area is 133 Å². The van der Waals surface area contributed by atoms with Crippen LogP contribution < -0.4 is 0 Å². The molecule has 0 bridgehead atoms. The molecule has 2 unspecified atom stereocenters. The van der Waals surface area contributed by atoms with Gasteiger partial charge >= 0.3 is 0 Å². The second kappa shape index (κ2) is 6.07. The predicted molar refractivity (Wildman–Crippen MR) is 88.5 cm³/mol. The summed E-state index contributed by atoms with van der Waals surface area (Å²) in [5.41, 5.74) is 2.34. The largest absolute Gasteiger partial charge is 0.325 e. The van der Waals surface area contributed by atoms with E-state index in [0.717, 1.165) is 28.2 Å². The third-order valence-corrected chi connectivity index (χ3v) is 5.00. The number of fused-ring (bicyclic) bond motifs is 1. The van der Waals surface area contributed by atoms with Gasteiger partial charge in [-0.05, 0) is 37.0 Å². The molecule has 0 spiro atoms. The standard InChI is InChI=1S/C16H20BrClN2/c1-11-3-2-4-13(9-11)20-15-10-12(17)5-6-14(15)19-16(20)7-8-18/h5-6,10-11,13H,2-4,7-9H2,1H3. The lowest BCUT2D eigenvalue weighted by Crippen LogP contribution is -2.19. The van der Waals surface area contributed by atoms with Gasteiger partial charge in [0, 0.05) is 22.8 Å². The van der Waals surface area contributed by atoms with Crippen molar-refractivity contribution in [2.75, 3.05) is 5.88 Å². The van der Waals surface area contributed by atoms with Gasteiger partial charge in [-0.1, -0.05) is 35.7 Å². The summed E-state index contributed by atoms with van der Waals surface area (Å²) in [5, 5.41) is 0. The molecule has 1 heterocycles. The number of rotatable bonds is 3. The molecule has 3 rings (SSSR count). The maximum Gasteiger partial charge on any atom is 0.111 e. The number of benzene rings is 1. The summed E-state index contributed by atoms with van der Waals surface area (Å²) in [6.45, 7) is 2.36. The van der Waals surface area contributed by atoms with Crippen LogP contribution in [-0.2, 0) is 6.42 Å². The lowest BCUT2D eigenvalue weighted by molar-refractivity contribution is 0.283. The Hall–Kier alpha value is -0.540. The van der Waals surface area contributed by atoms with Gasteiger partial charge in [0.1, 0.15) is 5.82 Å². The van der Waals surface area contributed by atoms with E-state index in [1.165, 1.54) is 31.2 Å². The Kier molecular flexibility index (Phi) is 4.37. The molecule has 1 aromatic carbocycles. The number of imidazole rings is 1. The van der Waals surface area contributed by atoms with Crippen LogP contribution in [0.3, 0.4) is 0 Å². The van der Waals surface area contributed by atoms with Crippen LogP contribution in [-0.4, -0.2) is 15.4 Å². The first-order chi connectivity index (χ1) is 9.69. The van der Waals surface area contributed by atoms with Gasteiger partial charge < -0.3 is 4.57 Å². The molecule has 2 atom stereocenters. The van der Waals surface area contributed by atoms with Gasteiger partial charge in [-0.3, -0.25) is 0 Å². The number of hydrogen-bond acceptors (Lipinski definition) is 1. The molecule has 108 valence electrons. The van der Waals surface area contributed by atoms with E-state index in [2.05, 4.69) is 45.6 Å². The maximum absolute atomic E-state index is 5.97. The van der Waals surface area contributed by atoms with E-state index >= 15 is 0 Å². The van der Waals surface area contributed by atoms with Gasteiger partial charge in [-0.15, -0.1) is 11.6 Å². The number of nitrogens with zero attached hydrogens (tertiary/aromatic N) is 2. The lowest BCUT2D eigenvalue weighted by Gasteiger charge is -2.29. The topological polar surface area (TPSA) is 17.8 Å². The molecule has 2 nitrogen and oxygen atoms in total. The Balaban J connectivity index is 2.09. The second-order valence-electron chi connectivity index (χ2n) is 5.90. The molecule has 0 aliphatic heterocycles. The summed E-state index contributed by atoms with van der Waals surface area (Å²) >= 11 is 9.56. The van der Waals surface area contributed by atoms with Crippen LogP contribution in [0.25, 0.3) is 11.0 Å². The molecule has 4 heteroatoms. The number of hydrogen-bond donors (Lipinski definition) is 0. The van der Waals surface area contributed by atoms with Crippen LogP contribution in [0.2, 0.25) is 0 Å². The SMILES string of the molecule is CC1CCCC(n2c(CCCl)nc3ccc(Br)cc32)C1. The summed E-state index contributed by atoms with van der Waals surface area (Å²) in [6, 6.07) is 6.93. The molecule has 1 aromatic heterocycles. The highest BCUT2D eigenvalue weighted by Crippen LogP contribution is 2.36. The predicted octanol–water partition coefficient (Wildman–Crippen LogP) is 5.33. The van der Waals surface area contributed by atoms with Crippen LogP contribution in [0.1, 0.15) is 44.5 Å². The minimum Gasteiger partial charge on any atom is -0.325 e. The average molecular weight is 356 g/mol. The zero-order chi connectivity index (χ0) is 14.1. The van der Waals surface area contributed by atoms with Crippen LogP contribution in [0, 0.1) is 5.92 Å². The molecule has 0 radical (unpaired) electrons. The van der Waals surface area contributed by atoms with Crippen molar-refractivity contribution in [3.63, 3.8) is 0 Å². The fourth-order valence-corrected chi connectivity index (χ4v) is 3.94. The second-order valence-corrected chi connectivity index (χ2v) is 7.19. The number of alkyl halides is 1. The van der Waals surface area contributed by atoms with Gasteiger partial charge in [-0.25, -0.2) is 4.98 Å². The van der Waals surface area contributed by atoms with Crippen LogP contribution in [0.4, 0.5) is 0 Å². The van der Waals surface area contributed by atoms with Crippen LogP contribution in [0.15, 0.2) is 22.7 Å². The zero-order valence-electron chi connectivity index (χ0n) is 11.8. The summed E-state index contributed by atoms with van der Waals surface area (Å²) in [7, 11) is 0. The lowest BCUT2D eigenvalue weighted by atomic mass is 9.87. The number of aromatic nitrogens is 2. The van der Waals surface area contributed by atoms with Gasteiger partial charge in [0.25, 0.3) is 0 Å². The Bertz CT molecular complexity index is 608. The molecule has 1 saturated carbocycles. The van der Waals surface area contributed by atoms with Crippen molar-refractivity contribution < 1.29 is 0 Å². The van der Waals surface area contributed by atoms with E-state index in [9.17, 15) is 0 Å². The molecular weight excluding hydrogens is 336 g/mol. The maximum atomic E-state index is 5.97. The third-order valence-electron chi connectivity index (χ3n) is 4.32. The number of aryl methyl sites for hydroxylation is 1. The summed E-state index contributed by atoms with van der Waals surface area (Å²) in [4.78, 5) is 4.80. The van der Waals surface area contributed by atoms with Gasteiger partial charge in [-0.2, -0.15) is 0 Å². The molecule has 0 amide bonds. The summed E-state index contributed by atoms with van der Waals surface area (Å²) in [6.07, 6.45) is 6.04.